The first kappa shape index (κ1) is 11.3. The molecule has 0 atom stereocenters. The normalized spacial score (nSPS) is 13.5. The van der Waals surface area contributed by atoms with Crippen LogP contribution in [0, 0.1) is 0 Å². The standard InChI is InChI=1S/C12H11NO4/c1-7(14)13-10-4-3-5-11(17-8(2)15)9(10)6-12(13)16/h3-5H,6H2,1-2H3. The molecule has 0 saturated heterocycles. The van der Waals surface area contributed by atoms with Crippen molar-refractivity contribution in [2.24, 2.45) is 0 Å². The van der Waals surface area contributed by atoms with Crippen molar-refractivity contribution in [2.75, 3.05) is 4.90 Å². The average Bonchev–Trinajstić information content (AvgIpc) is 2.54. The van der Waals surface area contributed by atoms with Crippen LogP contribution in [0.2, 0.25) is 0 Å². The molecule has 1 heterocycles. The van der Waals surface area contributed by atoms with Crippen molar-refractivity contribution in [3.8, 4) is 5.75 Å². The van der Waals surface area contributed by atoms with E-state index in [1.54, 1.807) is 18.2 Å². The molecule has 0 aromatic heterocycles. The number of nitrogens with zero attached hydrogens (tertiary/aromatic N) is 1. The summed E-state index contributed by atoms with van der Waals surface area (Å²) in [6.07, 6.45) is 0.0817. The molecule has 0 fully saturated rings. The highest BCUT2D eigenvalue weighted by Crippen LogP contribution is 2.35. The number of esters is 1. The molecule has 88 valence electrons. The summed E-state index contributed by atoms with van der Waals surface area (Å²) in [5.74, 6) is -0.750. The maximum atomic E-state index is 11.7. The fraction of sp³-hybridized carbons (Fsp3) is 0.250. The molecule has 1 aliphatic rings. The minimum Gasteiger partial charge on any atom is -0.426 e. The van der Waals surface area contributed by atoms with E-state index in [0.717, 1.165) is 4.90 Å². The Hall–Kier alpha value is -2.17. The number of amides is 2. The van der Waals surface area contributed by atoms with Gasteiger partial charge in [0.25, 0.3) is 0 Å². The molecule has 0 radical (unpaired) electrons. The summed E-state index contributed by atoms with van der Waals surface area (Å²) in [4.78, 5) is 35.0. The van der Waals surface area contributed by atoms with E-state index in [9.17, 15) is 14.4 Å². The van der Waals surface area contributed by atoms with Gasteiger partial charge in [-0.25, -0.2) is 0 Å². The predicted molar refractivity (Wildman–Crippen MR) is 59.6 cm³/mol. The van der Waals surface area contributed by atoms with E-state index in [2.05, 4.69) is 0 Å². The Bertz CT molecular complexity index is 521. The summed E-state index contributed by atoms with van der Waals surface area (Å²) in [6, 6.07) is 4.91. The molecular weight excluding hydrogens is 222 g/mol. The molecule has 0 aliphatic carbocycles. The van der Waals surface area contributed by atoms with Gasteiger partial charge in [0.2, 0.25) is 11.8 Å². The fourth-order valence-corrected chi connectivity index (χ4v) is 1.90. The van der Waals surface area contributed by atoms with Gasteiger partial charge in [-0.2, -0.15) is 0 Å². The number of anilines is 1. The van der Waals surface area contributed by atoms with E-state index in [0.29, 0.717) is 17.0 Å². The monoisotopic (exact) mass is 233 g/mol. The highest BCUT2D eigenvalue weighted by molar-refractivity contribution is 6.18. The topological polar surface area (TPSA) is 63.7 Å². The Morgan fingerprint density at radius 2 is 2.00 bits per heavy atom. The number of imide groups is 1. The fourth-order valence-electron chi connectivity index (χ4n) is 1.90. The molecule has 5 heteroatoms. The molecule has 0 bridgehead atoms. The molecule has 2 amide bonds. The van der Waals surface area contributed by atoms with Gasteiger partial charge in [-0.15, -0.1) is 0 Å². The molecule has 5 nitrogen and oxygen atoms in total. The van der Waals surface area contributed by atoms with Gasteiger partial charge in [0.05, 0.1) is 12.1 Å². The lowest BCUT2D eigenvalue weighted by Gasteiger charge is -2.13. The summed E-state index contributed by atoms with van der Waals surface area (Å²) in [6.45, 7) is 2.62. The second-order valence-corrected chi connectivity index (χ2v) is 3.77. The second kappa shape index (κ2) is 4.01. The van der Waals surface area contributed by atoms with E-state index >= 15 is 0 Å². The summed E-state index contributed by atoms with van der Waals surface area (Å²) in [5.41, 5.74) is 1.09. The summed E-state index contributed by atoms with van der Waals surface area (Å²) < 4.78 is 5.00. The number of hydrogen-bond donors (Lipinski definition) is 0. The number of hydrogen-bond acceptors (Lipinski definition) is 4. The lowest BCUT2D eigenvalue weighted by atomic mass is 10.1. The number of benzene rings is 1. The van der Waals surface area contributed by atoms with Crippen molar-refractivity contribution in [3.05, 3.63) is 23.8 Å². The smallest absolute Gasteiger partial charge is 0.308 e. The maximum absolute atomic E-state index is 11.7. The van der Waals surface area contributed by atoms with Crippen LogP contribution in [0.25, 0.3) is 0 Å². The van der Waals surface area contributed by atoms with Gasteiger partial charge < -0.3 is 4.74 Å². The summed E-state index contributed by atoms with van der Waals surface area (Å²) in [7, 11) is 0. The van der Waals surface area contributed by atoms with Gasteiger partial charge >= 0.3 is 5.97 Å². The molecule has 17 heavy (non-hydrogen) atoms. The minimum absolute atomic E-state index is 0.0817. The van der Waals surface area contributed by atoms with Crippen LogP contribution in [-0.4, -0.2) is 17.8 Å². The summed E-state index contributed by atoms with van der Waals surface area (Å²) >= 11 is 0. The Morgan fingerprint density at radius 3 is 2.59 bits per heavy atom. The van der Waals surface area contributed by atoms with Crippen molar-refractivity contribution in [2.45, 2.75) is 20.3 Å². The first-order valence-electron chi connectivity index (χ1n) is 5.14. The van der Waals surface area contributed by atoms with Gasteiger partial charge in [-0.05, 0) is 12.1 Å². The van der Waals surface area contributed by atoms with Gasteiger partial charge in [0, 0.05) is 19.4 Å². The van der Waals surface area contributed by atoms with E-state index < -0.39 is 5.97 Å². The van der Waals surface area contributed by atoms with E-state index in [-0.39, 0.29) is 18.2 Å². The molecule has 1 aliphatic heterocycles. The van der Waals surface area contributed by atoms with Crippen LogP contribution in [0.5, 0.6) is 5.75 Å². The van der Waals surface area contributed by atoms with Crippen LogP contribution < -0.4 is 9.64 Å². The Kier molecular flexibility index (Phi) is 2.67. The second-order valence-electron chi connectivity index (χ2n) is 3.77. The highest BCUT2D eigenvalue weighted by atomic mass is 16.5. The Morgan fingerprint density at radius 1 is 1.29 bits per heavy atom. The Balaban J connectivity index is 2.48. The molecule has 2 rings (SSSR count). The summed E-state index contributed by atoms with van der Waals surface area (Å²) in [5, 5.41) is 0. The molecule has 1 aromatic carbocycles. The first-order chi connectivity index (χ1) is 8.00. The highest BCUT2D eigenvalue weighted by Gasteiger charge is 2.32. The number of carbonyl (C=O) groups is 3. The van der Waals surface area contributed by atoms with Crippen molar-refractivity contribution < 1.29 is 19.1 Å². The van der Waals surface area contributed by atoms with Crippen LogP contribution in [-0.2, 0) is 20.8 Å². The number of carbonyl (C=O) groups excluding carboxylic acids is 3. The third-order valence-corrected chi connectivity index (χ3v) is 2.50. The zero-order valence-electron chi connectivity index (χ0n) is 9.52. The van der Waals surface area contributed by atoms with Gasteiger partial charge in [-0.3, -0.25) is 19.3 Å². The molecule has 1 aromatic rings. The van der Waals surface area contributed by atoms with Crippen LogP contribution in [0.4, 0.5) is 5.69 Å². The van der Waals surface area contributed by atoms with Crippen molar-refractivity contribution in [3.63, 3.8) is 0 Å². The van der Waals surface area contributed by atoms with E-state index in [1.807, 2.05) is 0 Å². The third-order valence-electron chi connectivity index (χ3n) is 2.50. The van der Waals surface area contributed by atoms with Crippen molar-refractivity contribution in [1.29, 1.82) is 0 Å². The van der Waals surface area contributed by atoms with E-state index in [4.69, 9.17) is 4.74 Å². The zero-order valence-corrected chi connectivity index (χ0v) is 9.52. The van der Waals surface area contributed by atoms with Crippen LogP contribution >= 0.6 is 0 Å². The van der Waals surface area contributed by atoms with Crippen LogP contribution in [0.15, 0.2) is 18.2 Å². The molecular formula is C12H11NO4. The first-order valence-corrected chi connectivity index (χ1v) is 5.14. The number of ether oxygens (including phenoxy) is 1. The van der Waals surface area contributed by atoms with Gasteiger partial charge in [0.1, 0.15) is 5.75 Å². The molecule has 0 unspecified atom stereocenters. The lowest BCUT2D eigenvalue weighted by Crippen LogP contribution is -2.31. The molecule has 0 N–H and O–H groups in total. The lowest BCUT2D eigenvalue weighted by molar-refractivity contribution is -0.132. The van der Waals surface area contributed by atoms with Crippen molar-refractivity contribution in [1.82, 2.24) is 0 Å². The minimum atomic E-state index is -0.452. The van der Waals surface area contributed by atoms with Gasteiger partial charge in [0.15, 0.2) is 0 Å². The largest absolute Gasteiger partial charge is 0.426 e. The average molecular weight is 233 g/mol. The van der Waals surface area contributed by atoms with Gasteiger partial charge in [-0.1, -0.05) is 6.07 Å². The van der Waals surface area contributed by atoms with Crippen LogP contribution in [0.1, 0.15) is 19.4 Å². The van der Waals surface area contributed by atoms with Crippen molar-refractivity contribution >= 4 is 23.5 Å². The zero-order chi connectivity index (χ0) is 12.6. The number of rotatable bonds is 1. The number of fused-ring (bicyclic) bond motifs is 1. The van der Waals surface area contributed by atoms with E-state index in [1.165, 1.54) is 13.8 Å². The maximum Gasteiger partial charge on any atom is 0.308 e. The third kappa shape index (κ3) is 1.91. The molecule has 0 saturated carbocycles. The SMILES string of the molecule is CC(=O)Oc1cccc2c1CC(=O)N2C(C)=O. The Labute approximate surface area is 98.0 Å². The molecule has 0 spiro atoms. The predicted octanol–water partition coefficient (Wildman–Crippen LogP) is 1.05. The quantitative estimate of drug-likeness (QED) is 0.537. The van der Waals surface area contributed by atoms with Crippen LogP contribution in [0.3, 0.4) is 0 Å².